The molecule has 0 amide bonds. The SMILES string of the molecule is Brc1cc2c(cc1Br)[C@H]1O[C@H]2[C@@H]2[C@H]3c4ccccc4[C@@H](c4cc5c(cc43)C3c4ccccc4C5c4ccccc43)[C@H]21. The second-order valence-corrected chi connectivity index (χ2v) is 14.6. The Bertz CT molecular complexity index is 1840. The van der Waals surface area contributed by atoms with Gasteiger partial charge in [-0.25, -0.2) is 0 Å². The molecule has 6 aliphatic carbocycles. The molecule has 5 aromatic carbocycles. The Labute approximate surface area is 255 Å². The zero-order chi connectivity index (χ0) is 26.7. The van der Waals surface area contributed by atoms with Crippen molar-refractivity contribution in [2.75, 3.05) is 0 Å². The minimum absolute atomic E-state index is 0.146. The Balaban J connectivity index is 1.18. The van der Waals surface area contributed by atoms with Gasteiger partial charge in [0.1, 0.15) is 0 Å². The lowest BCUT2D eigenvalue weighted by Crippen LogP contribution is -2.42. The number of rotatable bonds is 0. The predicted molar refractivity (Wildman–Crippen MR) is 167 cm³/mol. The van der Waals surface area contributed by atoms with Gasteiger partial charge in [0.05, 0.1) is 12.2 Å². The van der Waals surface area contributed by atoms with Crippen molar-refractivity contribution in [3.63, 3.8) is 0 Å². The summed E-state index contributed by atoms with van der Waals surface area (Å²) in [4.78, 5) is 0. The van der Waals surface area contributed by atoms with E-state index in [1.54, 1.807) is 11.1 Å². The Morgan fingerprint density at radius 1 is 0.390 bits per heavy atom. The van der Waals surface area contributed by atoms with Crippen LogP contribution < -0.4 is 0 Å². The van der Waals surface area contributed by atoms with Gasteiger partial charge in [0.2, 0.25) is 0 Å². The number of halogens is 2. The van der Waals surface area contributed by atoms with Crippen LogP contribution in [0.25, 0.3) is 0 Å². The number of hydrogen-bond donors (Lipinski definition) is 0. The molecule has 0 N–H and O–H groups in total. The quantitative estimate of drug-likeness (QED) is 0.158. The molecular formula is C38H24Br2O. The highest BCUT2D eigenvalue weighted by molar-refractivity contribution is 9.13. The van der Waals surface area contributed by atoms with Gasteiger partial charge in [0.25, 0.3) is 0 Å². The van der Waals surface area contributed by atoms with Crippen LogP contribution in [0.5, 0.6) is 0 Å². The van der Waals surface area contributed by atoms with Gasteiger partial charge >= 0.3 is 0 Å². The van der Waals surface area contributed by atoms with Crippen LogP contribution in [0.4, 0.5) is 0 Å². The average molecular weight is 656 g/mol. The van der Waals surface area contributed by atoms with Crippen LogP contribution >= 0.6 is 31.9 Å². The lowest BCUT2D eigenvalue weighted by Gasteiger charge is -2.52. The molecule has 196 valence electrons. The average Bonchev–Trinajstić information content (AvgIpc) is 3.57. The summed E-state index contributed by atoms with van der Waals surface area (Å²) >= 11 is 7.57. The van der Waals surface area contributed by atoms with Crippen molar-refractivity contribution < 1.29 is 4.74 Å². The molecule has 0 unspecified atom stereocenters. The highest BCUT2D eigenvalue weighted by Crippen LogP contribution is 2.73. The van der Waals surface area contributed by atoms with E-state index >= 15 is 0 Å². The normalized spacial score (nSPS) is 31.1. The molecule has 6 bridgehead atoms. The lowest BCUT2D eigenvalue weighted by atomic mass is 9.49. The first kappa shape index (κ1) is 22.6. The molecule has 8 aliphatic rings. The number of ether oxygens (including phenoxy) is 1. The molecule has 1 nitrogen and oxygen atoms in total. The minimum Gasteiger partial charge on any atom is -0.365 e. The van der Waals surface area contributed by atoms with Crippen LogP contribution in [0.15, 0.2) is 106 Å². The molecule has 6 atom stereocenters. The molecule has 5 aromatic rings. The molecule has 13 rings (SSSR count). The van der Waals surface area contributed by atoms with Crippen LogP contribution in [-0.4, -0.2) is 0 Å². The third-order valence-corrected chi connectivity index (χ3v) is 13.3. The topological polar surface area (TPSA) is 9.23 Å². The largest absolute Gasteiger partial charge is 0.365 e. The van der Waals surface area contributed by atoms with Crippen LogP contribution in [0.1, 0.15) is 103 Å². The summed E-state index contributed by atoms with van der Waals surface area (Å²) in [5.74, 6) is 2.27. The third kappa shape index (κ3) is 2.53. The zero-order valence-electron chi connectivity index (χ0n) is 22.0. The summed E-state index contributed by atoms with van der Waals surface area (Å²) < 4.78 is 9.22. The van der Waals surface area contributed by atoms with E-state index in [0.29, 0.717) is 35.5 Å². The first-order valence-electron chi connectivity index (χ1n) is 14.8. The molecule has 3 heteroatoms. The van der Waals surface area contributed by atoms with E-state index in [-0.39, 0.29) is 12.2 Å². The first-order chi connectivity index (χ1) is 20.2. The third-order valence-electron chi connectivity index (χ3n) is 11.4. The van der Waals surface area contributed by atoms with E-state index in [9.17, 15) is 0 Å². The van der Waals surface area contributed by atoms with Crippen molar-refractivity contribution in [3.05, 3.63) is 173 Å². The molecule has 1 fully saturated rings. The summed E-state index contributed by atoms with van der Waals surface area (Å²) in [6, 6.07) is 37.7. The number of benzene rings is 5. The summed E-state index contributed by atoms with van der Waals surface area (Å²) in [6.45, 7) is 0. The predicted octanol–water partition coefficient (Wildman–Crippen LogP) is 9.85. The fourth-order valence-electron chi connectivity index (χ4n) is 10.2. The smallest absolute Gasteiger partial charge is 0.0878 e. The van der Waals surface area contributed by atoms with Gasteiger partial charge in [-0.05, 0) is 111 Å². The van der Waals surface area contributed by atoms with Crippen LogP contribution in [-0.2, 0) is 4.74 Å². The van der Waals surface area contributed by atoms with Gasteiger partial charge in [0.15, 0.2) is 0 Å². The zero-order valence-corrected chi connectivity index (χ0v) is 25.2. The Hall–Kier alpha value is -2.98. The highest BCUT2D eigenvalue weighted by Gasteiger charge is 2.63. The second-order valence-electron chi connectivity index (χ2n) is 12.8. The van der Waals surface area contributed by atoms with E-state index in [4.69, 9.17) is 4.74 Å². The second kappa shape index (κ2) is 7.50. The van der Waals surface area contributed by atoms with Crippen LogP contribution in [0, 0.1) is 11.8 Å². The first-order valence-corrected chi connectivity index (χ1v) is 16.4. The van der Waals surface area contributed by atoms with Crippen molar-refractivity contribution in [1.82, 2.24) is 0 Å². The van der Waals surface area contributed by atoms with Gasteiger partial charge < -0.3 is 4.74 Å². The van der Waals surface area contributed by atoms with Crippen molar-refractivity contribution in [2.45, 2.75) is 35.9 Å². The lowest BCUT2D eigenvalue weighted by molar-refractivity contribution is 0.0533. The van der Waals surface area contributed by atoms with E-state index in [1.165, 1.54) is 55.6 Å². The van der Waals surface area contributed by atoms with Crippen molar-refractivity contribution in [1.29, 1.82) is 0 Å². The molecular weight excluding hydrogens is 632 g/mol. The maximum Gasteiger partial charge on any atom is 0.0878 e. The van der Waals surface area contributed by atoms with Crippen molar-refractivity contribution >= 4 is 31.9 Å². The molecule has 1 saturated heterocycles. The maximum absolute atomic E-state index is 6.98. The van der Waals surface area contributed by atoms with Gasteiger partial charge in [-0.1, -0.05) is 84.9 Å². The fourth-order valence-corrected chi connectivity index (χ4v) is 10.9. The van der Waals surface area contributed by atoms with Gasteiger partial charge in [-0.2, -0.15) is 0 Å². The highest BCUT2D eigenvalue weighted by atomic mass is 79.9. The molecule has 2 heterocycles. The van der Waals surface area contributed by atoms with Gasteiger partial charge in [-0.15, -0.1) is 0 Å². The molecule has 41 heavy (non-hydrogen) atoms. The Kier molecular flexibility index (Phi) is 4.13. The van der Waals surface area contributed by atoms with E-state index in [1.807, 2.05) is 0 Å². The van der Waals surface area contributed by atoms with Gasteiger partial charge in [-0.3, -0.25) is 0 Å². The maximum atomic E-state index is 6.98. The van der Waals surface area contributed by atoms with E-state index in [2.05, 4.69) is 129 Å². The summed E-state index contributed by atoms with van der Waals surface area (Å²) in [5, 5.41) is 0. The molecule has 0 aromatic heterocycles. The number of fused-ring (bicyclic) bond motifs is 5. The monoisotopic (exact) mass is 654 g/mol. The van der Waals surface area contributed by atoms with Gasteiger partial charge in [0, 0.05) is 44.5 Å². The Morgan fingerprint density at radius 3 is 1.15 bits per heavy atom. The molecule has 0 saturated carbocycles. The fraction of sp³-hybridized carbons (Fsp3) is 0.211. The molecule has 0 spiro atoms. The van der Waals surface area contributed by atoms with Crippen LogP contribution in [0.3, 0.4) is 0 Å². The summed E-state index contributed by atoms with van der Waals surface area (Å²) in [5.41, 5.74) is 18.0. The van der Waals surface area contributed by atoms with Crippen molar-refractivity contribution in [3.8, 4) is 0 Å². The van der Waals surface area contributed by atoms with Crippen LogP contribution in [0.2, 0.25) is 0 Å². The van der Waals surface area contributed by atoms with Crippen molar-refractivity contribution in [2.24, 2.45) is 11.8 Å². The Morgan fingerprint density at radius 2 is 0.756 bits per heavy atom. The molecule has 0 radical (unpaired) electrons. The summed E-state index contributed by atoms with van der Waals surface area (Å²) in [6.07, 6.45) is 0.291. The standard InChI is InChI=1S/C38H24Br2O/c39-29-15-27-28(16-30(29)40)38-36-34-22-12-6-5-11-21(22)33(35(36)37(27)41-38)25-13-23-24(14-26(25)34)32-18-8-2-1-7-17(18)31(23)19-9-3-4-10-20(19)32/h1-16,31-38H/t31?,32?,33-,34-,35+,36+,37+,38+/m0/s1. The summed E-state index contributed by atoms with van der Waals surface area (Å²) in [7, 11) is 0. The molecule has 2 aliphatic heterocycles. The number of hydrogen-bond acceptors (Lipinski definition) is 1. The van der Waals surface area contributed by atoms with E-state index < -0.39 is 0 Å². The minimum atomic E-state index is 0.146. The van der Waals surface area contributed by atoms with E-state index in [0.717, 1.165) is 8.95 Å².